The van der Waals surface area contributed by atoms with E-state index in [0.29, 0.717) is 17.9 Å². The topological polar surface area (TPSA) is 74.5 Å². The maximum absolute atomic E-state index is 8.88. The maximum atomic E-state index is 8.88. The summed E-state index contributed by atoms with van der Waals surface area (Å²) >= 11 is 0. The summed E-state index contributed by atoms with van der Waals surface area (Å²) in [5.74, 6) is 1.42. The summed E-state index contributed by atoms with van der Waals surface area (Å²) < 4.78 is 0. The first-order valence-electron chi connectivity index (χ1n) is 5.58. The number of anilines is 1. The molecule has 18 heavy (non-hydrogen) atoms. The predicted octanol–water partition coefficient (Wildman–Crippen LogP) is 1.97. The Morgan fingerprint density at radius 3 is 2.83 bits per heavy atom. The average Bonchev–Trinajstić information content (AvgIpc) is 2.36. The van der Waals surface area contributed by atoms with Crippen molar-refractivity contribution in [2.24, 2.45) is 0 Å². The quantitative estimate of drug-likeness (QED) is 0.886. The lowest BCUT2D eigenvalue weighted by Crippen LogP contribution is -2.05. The summed E-state index contributed by atoms with van der Waals surface area (Å²) in [6, 6.07) is 7.43. The van der Waals surface area contributed by atoms with Crippen molar-refractivity contribution in [1.82, 2.24) is 15.0 Å². The first kappa shape index (κ1) is 12.0. The summed E-state index contributed by atoms with van der Waals surface area (Å²) in [6.07, 6.45) is 1.73. The van der Waals surface area contributed by atoms with Crippen LogP contribution < -0.4 is 5.32 Å². The number of aromatic nitrogens is 3. The van der Waals surface area contributed by atoms with Crippen molar-refractivity contribution >= 4 is 5.82 Å². The third-order valence-corrected chi connectivity index (χ3v) is 2.37. The number of nitriles is 1. The molecule has 0 saturated carbocycles. The second-order valence-electron chi connectivity index (χ2n) is 3.94. The van der Waals surface area contributed by atoms with Crippen molar-refractivity contribution in [2.75, 3.05) is 5.32 Å². The Bertz CT molecular complexity index is 601. The van der Waals surface area contributed by atoms with Gasteiger partial charge in [-0.2, -0.15) is 5.26 Å². The van der Waals surface area contributed by atoms with Gasteiger partial charge in [-0.25, -0.2) is 15.0 Å². The van der Waals surface area contributed by atoms with E-state index in [2.05, 4.69) is 26.3 Å². The van der Waals surface area contributed by atoms with Crippen LogP contribution in [0.4, 0.5) is 5.82 Å². The van der Waals surface area contributed by atoms with E-state index >= 15 is 0 Å². The number of hydrogen-bond acceptors (Lipinski definition) is 5. The first-order chi connectivity index (χ1) is 8.67. The molecule has 0 atom stereocenters. The van der Waals surface area contributed by atoms with E-state index in [9.17, 15) is 0 Å². The van der Waals surface area contributed by atoms with Crippen LogP contribution in [-0.4, -0.2) is 15.0 Å². The van der Waals surface area contributed by atoms with Crippen LogP contribution in [0.5, 0.6) is 0 Å². The summed E-state index contributed by atoms with van der Waals surface area (Å²) in [4.78, 5) is 12.6. The minimum Gasteiger partial charge on any atom is -0.364 e. The standard InChI is InChI=1S/C13H13N5/c1-9-5-11(7-14)6-13(17-9)16-8-12-3-4-15-10(2)18-12/h3-6H,8H2,1-2H3,(H,16,17). The molecule has 5 nitrogen and oxygen atoms in total. The van der Waals surface area contributed by atoms with E-state index in [1.165, 1.54) is 0 Å². The van der Waals surface area contributed by atoms with Gasteiger partial charge in [0, 0.05) is 11.9 Å². The molecule has 0 saturated heterocycles. The van der Waals surface area contributed by atoms with E-state index in [1.54, 1.807) is 18.3 Å². The highest BCUT2D eigenvalue weighted by molar-refractivity contribution is 5.44. The Hall–Kier alpha value is -2.48. The molecule has 2 rings (SSSR count). The molecule has 1 N–H and O–H groups in total. The normalized spacial score (nSPS) is 9.83. The van der Waals surface area contributed by atoms with Gasteiger partial charge in [0.2, 0.25) is 0 Å². The number of rotatable bonds is 3. The molecule has 0 unspecified atom stereocenters. The van der Waals surface area contributed by atoms with Crippen molar-refractivity contribution in [3.05, 3.63) is 47.2 Å². The van der Waals surface area contributed by atoms with Gasteiger partial charge in [0.25, 0.3) is 0 Å². The molecule has 0 aromatic carbocycles. The lowest BCUT2D eigenvalue weighted by atomic mass is 10.2. The molecule has 0 aliphatic rings. The Labute approximate surface area is 106 Å². The Kier molecular flexibility index (Phi) is 3.49. The molecule has 0 amide bonds. The van der Waals surface area contributed by atoms with Crippen molar-refractivity contribution in [2.45, 2.75) is 20.4 Å². The SMILES string of the molecule is Cc1cc(C#N)cc(NCc2ccnc(C)n2)n1. The van der Waals surface area contributed by atoms with Crippen molar-refractivity contribution < 1.29 is 0 Å². The monoisotopic (exact) mass is 239 g/mol. The lowest BCUT2D eigenvalue weighted by Gasteiger charge is -2.06. The van der Waals surface area contributed by atoms with Crippen LogP contribution in [0.3, 0.4) is 0 Å². The second kappa shape index (κ2) is 5.23. The third-order valence-electron chi connectivity index (χ3n) is 2.37. The van der Waals surface area contributed by atoms with Crippen LogP contribution >= 0.6 is 0 Å². The largest absolute Gasteiger partial charge is 0.364 e. The predicted molar refractivity (Wildman–Crippen MR) is 67.8 cm³/mol. The molecule has 5 heteroatoms. The molecule has 0 spiro atoms. The van der Waals surface area contributed by atoms with Crippen LogP contribution in [0.1, 0.15) is 22.8 Å². The molecule has 2 heterocycles. The zero-order chi connectivity index (χ0) is 13.0. The van der Waals surface area contributed by atoms with Gasteiger partial charge in [-0.15, -0.1) is 0 Å². The van der Waals surface area contributed by atoms with E-state index in [-0.39, 0.29) is 0 Å². The van der Waals surface area contributed by atoms with Crippen LogP contribution in [0, 0.1) is 25.2 Å². The van der Waals surface area contributed by atoms with Gasteiger partial charge in [0.05, 0.1) is 23.9 Å². The molecule has 0 bridgehead atoms. The first-order valence-corrected chi connectivity index (χ1v) is 5.58. The highest BCUT2D eigenvalue weighted by Crippen LogP contribution is 2.10. The van der Waals surface area contributed by atoms with Gasteiger partial charge in [-0.05, 0) is 32.0 Å². The average molecular weight is 239 g/mol. The smallest absolute Gasteiger partial charge is 0.127 e. The molecule has 0 aliphatic carbocycles. The van der Waals surface area contributed by atoms with Crippen molar-refractivity contribution in [3.8, 4) is 6.07 Å². The highest BCUT2D eigenvalue weighted by Gasteiger charge is 2.01. The van der Waals surface area contributed by atoms with Crippen LogP contribution in [0.15, 0.2) is 24.4 Å². The van der Waals surface area contributed by atoms with Crippen molar-refractivity contribution in [1.29, 1.82) is 5.26 Å². The van der Waals surface area contributed by atoms with Gasteiger partial charge in [-0.3, -0.25) is 0 Å². The molecular weight excluding hydrogens is 226 g/mol. The number of hydrogen-bond donors (Lipinski definition) is 1. The minimum absolute atomic E-state index is 0.560. The fraction of sp³-hybridized carbons (Fsp3) is 0.231. The van der Waals surface area contributed by atoms with Crippen molar-refractivity contribution in [3.63, 3.8) is 0 Å². The van der Waals surface area contributed by atoms with Gasteiger partial charge in [-0.1, -0.05) is 0 Å². The van der Waals surface area contributed by atoms with Crippen LogP contribution in [0.25, 0.3) is 0 Å². The fourth-order valence-corrected chi connectivity index (χ4v) is 1.61. The van der Waals surface area contributed by atoms with E-state index in [4.69, 9.17) is 5.26 Å². The van der Waals surface area contributed by atoms with Crippen LogP contribution in [-0.2, 0) is 6.54 Å². The molecule has 2 aromatic rings. The number of pyridine rings is 1. The highest BCUT2D eigenvalue weighted by atomic mass is 15.0. The number of aryl methyl sites for hydroxylation is 2. The maximum Gasteiger partial charge on any atom is 0.127 e. The molecular formula is C13H13N5. The van der Waals surface area contributed by atoms with Gasteiger partial charge < -0.3 is 5.32 Å². The fourth-order valence-electron chi connectivity index (χ4n) is 1.61. The summed E-state index contributed by atoms with van der Waals surface area (Å²) in [5.41, 5.74) is 2.31. The van der Waals surface area contributed by atoms with Crippen LogP contribution in [0.2, 0.25) is 0 Å². The van der Waals surface area contributed by atoms with E-state index in [1.807, 2.05) is 19.9 Å². The van der Waals surface area contributed by atoms with Gasteiger partial charge in [0.15, 0.2) is 0 Å². The number of nitrogens with one attached hydrogen (secondary N) is 1. The Morgan fingerprint density at radius 2 is 2.11 bits per heavy atom. The summed E-state index contributed by atoms with van der Waals surface area (Å²) in [5, 5.41) is 12.0. The molecule has 0 radical (unpaired) electrons. The minimum atomic E-state index is 0.560. The second-order valence-corrected chi connectivity index (χ2v) is 3.94. The molecule has 2 aromatic heterocycles. The molecule has 90 valence electrons. The Morgan fingerprint density at radius 1 is 1.28 bits per heavy atom. The number of nitrogens with zero attached hydrogens (tertiary/aromatic N) is 4. The molecule has 0 fully saturated rings. The van der Waals surface area contributed by atoms with E-state index in [0.717, 1.165) is 17.2 Å². The van der Waals surface area contributed by atoms with Gasteiger partial charge in [0.1, 0.15) is 11.6 Å². The Balaban J connectivity index is 2.11. The van der Waals surface area contributed by atoms with E-state index < -0.39 is 0 Å². The lowest BCUT2D eigenvalue weighted by molar-refractivity contribution is 0.948. The molecule has 0 aliphatic heterocycles. The zero-order valence-electron chi connectivity index (χ0n) is 10.3. The van der Waals surface area contributed by atoms with Gasteiger partial charge >= 0.3 is 0 Å². The zero-order valence-corrected chi connectivity index (χ0v) is 10.3. The third kappa shape index (κ3) is 3.01. The summed E-state index contributed by atoms with van der Waals surface area (Å²) in [6.45, 7) is 4.27. The summed E-state index contributed by atoms with van der Waals surface area (Å²) in [7, 11) is 0.